The van der Waals surface area contributed by atoms with Crippen molar-refractivity contribution in [3.05, 3.63) is 107 Å². The Balaban J connectivity index is 0.000000275. The predicted octanol–water partition coefficient (Wildman–Crippen LogP) is 13.3. The molecule has 3 aliphatic carbocycles. The zero-order valence-electron chi connectivity index (χ0n) is 68.3. The molecule has 6 fully saturated rings. The second kappa shape index (κ2) is 49.1. The number of rotatable bonds is 37. The summed E-state index contributed by atoms with van der Waals surface area (Å²) < 4.78 is 57.3. The Kier molecular flexibility index (Phi) is 43.1. The molecule has 3 aromatic carbocycles. The third kappa shape index (κ3) is 32.4. The Morgan fingerprint density at radius 1 is 0.532 bits per heavy atom. The van der Waals surface area contributed by atoms with Gasteiger partial charge in [0.15, 0.2) is 0 Å². The van der Waals surface area contributed by atoms with Crippen molar-refractivity contribution in [1.82, 2.24) is 30.2 Å². The van der Waals surface area contributed by atoms with Crippen molar-refractivity contribution in [2.75, 3.05) is 135 Å². The van der Waals surface area contributed by atoms with E-state index in [0.717, 1.165) is 187 Å². The molecule has 0 spiro atoms. The number of nitrogens with two attached hydrogens (primary N) is 1. The van der Waals surface area contributed by atoms with Gasteiger partial charge in [0.2, 0.25) is 11.8 Å². The fourth-order valence-electron chi connectivity index (χ4n) is 18.7. The van der Waals surface area contributed by atoms with Crippen LogP contribution in [-0.2, 0) is 40.6 Å². The van der Waals surface area contributed by atoms with Gasteiger partial charge in [-0.2, -0.15) is 0 Å². The van der Waals surface area contributed by atoms with Gasteiger partial charge in [0.1, 0.15) is 17.5 Å². The monoisotopic (exact) mass is 1560 g/mol. The van der Waals surface area contributed by atoms with Crippen molar-refractivity contribution in [2.24, 2.45) is 35.3 Å². The normalized spacial score (nSPS) is 22.4. The van der Waals surface area contributed by atoms with E-state index in [-0.39, 0.29) is 77.3 Å². The van der Waals surface area contributed by atoms with Crippen molar-refractivity contribution < 1.29 is 67.6 Å². The molecule has 22 heteroatoms. The second-order valence-electron chi connectivity index (χ2n) is 34.0. The minimum atomic E-state index is -1.20. The summed E-state index contributed by atoms with van der Waals surface area (Å²) in [5.41, 5.74) is 2.73. The number of hydrogen-bond acceptors (Lipinski definition) is 16. The molecule has 2 amide bonds. The molecule has 3 saturated carbocycles. The fraction of sp³-hybridized carbons (Fsp3) is 0.770. The summed E-state index contributed by atoms with van der Waals surface area (Å²) in [6, 6.07) is 19.1. The minimum Gasteiger partial charge on any atom is -0.390 e. The van der Waals surface area contributed by atoms with E-state index in [1.54, 1.807) is 51.7 Å². The topological polar surface area (TPSA) is 246 Å². The van der Waals surface area contributed by atoms with Gasteiger partial charge in [-0.15, -0.1) is 12.4 Å². The first-order valence-electron chi connectivity index (χ1n) is 41.7. The summed E-state index contributed by atoms with van der Waals surface area (Å²) in [7, 11) is 15.0. The number of unbranched alkanes of at least 4 members (excludes halogenated alkanes) is 3. The van der Waals surface area contributed by atoms with Crippen LogP contribution >= 0.6 is 12.4 Å². The maximum absolute atomic E-state index is 14.2. The predicted molar refractivity (Wildman–Crippen MR) is 433 cm³/mol. The van der Waals surface area contributed by atoms with E-state index in [1.165, 1.54) is 55.7 Å². The number of benzene rings is 3. The van der Waals surface area contributed by atoms with Crippen LogP contribution in [-0.4, -0.2) is 220 Å². The molecule has 0 radical (unpaired) electrons. The molecule has 10 N–H and O–H groups in total. The van der Waals surface area contributed by atoms with E-state index in [9.17, 15) is 53.4 Å². The third-order valence-corrected chi connectivity index (χ3v) is 24.3. The van der Waals surface area contributed by atoms with Crippen molar-refractivity contribution in [1.29, 1.82) is 0 Å². The molecule has 3 unspecified atom stereocenters. The molecule has 0 bridgehead atoms. The Hall–Kier alpha value is -3.88. The average molecular weight is 1560 g/mol. The van der Waals surface area contributed by atoms with Gasteiger partial charge in [-0.25, -0.2) is 13.2 Å². The van der Waals surface area contributed by atoms with Crippen molar-refractivity contribution in [3.63, 3.8) is 0 Å². The number of carbonyl (C=O) groups excluding carboxylic acids is 2. The summed E-state index contributed by atoms with van der Waals surface area (Å²) in [5, 5.41) is 74.3. The lowest BCUT2D eigenvalue weighted by Crippen LogP contribution is -2.49. The van der Waals surface area contributed by atoms with Gasteiger partial charge in [0.25, 0.3) is 0 Å². The number of ether oxygens (including phenoxy) is 3. The largest absolute Gasteiger partial charge is 0.390 e. The Morgan fingerprint density at radius 3 is 1.24 bits per heavy atom. The van der Waals surface area contributed by atoms with Crippen LogP contribution < -0.4 is 16.4 Å². The molecule has 3 aromatic rings. The highest BCUT2D eigenvalue weighted by atomic mass is 35.5. The number of aliphatic hydroxyl groups is 6. The van der Waals surface area contributed by atoms with E-state index in [1.807, 2.05) is 51.1 Å². The lowest BCUT2D eigenvalue weighted by molar-refractivity contribution is -0.139. The van der Waals surface area contributed by atoms with E-state index < -0.39 is 33.6 Å². The first kappa shape index (κ1) is 95.7. The van der Waals surface area contributed by atoms with Crippen molar-refractivity contribution >= 4 is 24.2 Å². The van der Waals surface area contributed by atoms with Gasteiger partial charge in [-0.05, 0) is 267 Å². The second-order valence-corrected chi connectivity index (χ2v) is 34.0. The number of carbonyl (C=O) groups is 2. The van der Waals surface area contributed by atoms with E-state index in [4.69, 9.17) is 19.9 Å². The number of amides is 2. The van der Waals surface area contributed by atoms with Crippen LogP contribution in [0, 0.1) is 47.0 Å². The molecule has 109 heavy (non-hydrogen) atoms. The number of likely N-dealkylation sites (N-methyl/N-ethyl adjacent to an activating group) is 1. The Labute approximate surface area is 660 Å². The Bertz CT molecular complexity index is 3000. The molecular weight excluding hydrogens is 1410 g/mol. The molecule has 3 heterocycles. The smallest absolute Gasteiger partial charge is 0.222 e. The van der Waals surface area contributed by atoms with Crippen LogP contribution in [0.4, 0.5) is 13.2 Å². The molecule has 0 aromatic heterocycles. The summed E-state index contributed by atoms with van der Waals surface area (Å²) in [5.74, 6) is -0.858. The van der Waals surface area contributed by atoms with E-state index in [2.05, 4.69) is 20.4 Å². The van der Waals surface area contributed by atoms with Gasteiger partial charge in [0, 0.05) is 124 Å². The molecule has 9 atom stereocenters. The lowest BCUT2D eigenvalue weighted by atomic mass is 9.74. The average Bonchev–Trinajstić information content (AvgIpc) is 0.794. The quantitative estimate of drug-likeness (QED) is 0.0244. The molecule has 9 rings (SSSR count). The first-order chi connectivity index (χ1) is 51.6. The Morgan fingerprint density at radius 2 is 0.890 bits per heavy atom. The first-order valence-corrected chi connectivity index (χ1v) is 41.7. The fourth-order valence-corrected chi connectivity index (χ4v) is 18.7. The number of halogens is 4. The summed E-state index contributed by atoms with van der Waals surface area (Å²) in [4.78, 5) is 35.0. The SMILES string of the molecule is CN(C)CC(N)CC1(O)CCCCC1.CNCC(CC(=O)N1CCC[C@@H]([C@@](O)(CCCCOC)c2cccc(F)c2)C1)CC1(O)CCCCC1.COCCCC[C@@](O)(c1cccc(F)c1)[C@@H]1CCCN(C(=O)CC(CN(C)C)CC2(O)CCCCC2)C1.COCCCC[C@@](O)(c1cccc(F)c1)[C@@H]1CCCNC1.Cl. The van der Waals surface area contributed by atoms with Gasteiger partial charge in [0.05, 0.1) is 33.6 Å². The number of methoxy groups -OCH3 is 3. The number of likely N-dealkylation sites (tertiary alicyclic amines) is 2. The van der Waals surface area contributed by atoms with Gasteiger partial charge in [-0.3, -0.25) is 9.59 Å². The molecule has 624 valence electrons. The van der Waals surface area contributed by atoms with Crippen LogP contribution in [0.5, 0.6) is 0 Å². The number of nitrogens with zero attached hydrogens (tertiary/aromatic N) is 4. The molecule has 6 aliphatic rings. The molecule has 18 nitrogen and oxygen atoms in total. The van der Waals surface area contributed by atoms with Gasteiger partial charge >= 0.3 is 0 Å². The maximum atomic E-state index is 14.2. The number of nitrogens with one attached hydrogen (secondary N) is 2. The maximum Gasteiger partial charge on any atom is 0.222 e. The summed E-state index contributed by atoms with van der Waals surface area (Å²) >= 11 is 0. The van der Waals surface area contributed by atoms with Crippen molar-refractivity contribution in [3.8, 4) is 0 Å². The zero-order chi connectivity index (χ0) is 78.6. The van der Waals surface area contributed by atoms with Gasteiger partial charge < -0.3 is 80.8 Å². The van der Waals surface area contributed by atoms with Crippen LogP contribution in [0.25, 0.3) is 0 Å². The molecule has 3 saturated heterocycles. The standard InChI is InChI=1S/C30H49FN2O4.C29H47FN2O4.C17H26FNO2.C11H24N2O.ClH/c1-32(2)22-24(21-29(35)14-5-4-6-15-29)19-28(34)33-17-10-12-26(23-33)30(36,16-7-8-18-37-3)25-11-9-13-27(31)20-25;1-31-21-23(20-28(34)13-4-3-5-14-28)18-27(33)32-16-9-11-25(22-32)29(35,15-6-7-17-36-2)24-10-8-12-26(30)19-24;1-21-11-3-2-9-17(20,15-7-5-10-19-13-15)14-6-4-8-16(18)12-14;1-13(2)9-10(12)8-11(14)6-4-3-5-7-11;/h9,11,13,20,24,26,35-36H,4-8,10,12,14-19,21-23H2,1-3H3;8,10,12,19,23,25,31,34-35H,3-7,9,11,13-18,20-22H2,1-2H3;4,6,8,12,15,19-20H,2-3,5,7,9-11,13H2,1H3;10,14H,3-9,12H2,1-2H3;1H/t24?,26-,30-;23?,25-,29-;15-,17-;;/m111../s1. The summed E-state index contributed by atoms with van der Waals surface area (Å²) in [6.07, 6.45) is 30.0. The highest BCUT2D eigenvalue weighted by molar-refractivity contribution is 5.85. The van der Waals surface area contributed by atoms with Crippen LogP contribution in [0.2, 0.25) is 0 Å². The zero-order valence-corrected chi connectivity index (χ0v) is 69.1. The lowest BCUT2D eigenvalue weighted by Gasteiger charge is -2.43. The highest BCUT2D eigenvalue weighted by Crippen LogP contribution is 2.44. The van der Waals surface area contributed by atoms with E-state index in [0.29, 0.717) is 114 Å². The van der Waals surface area contributed by atoms with E-state index >= 15 is 0 Å². The van der Waals surface area contributed by atoms with Crippen molar-refractivity contribution in [2.45, 2.75) is 264 Å². The number of piperidine rings is 3. The third-order valence-electron chi connectivity index (χ3n) is 24.3. The van der Waals surface area contributed by atoms with Crippen LogP contribution in [0.3, 0.4) is 0 Å². The molecular formula is C87H147ClF3N7O11. The van der Waals surface area contributed by atoms with Gasteiger partial charge in [-0.1, -0.05) is 94.2 Å². The van der Waals surface area contributed by atoms with Crippen LogP contribution in [0.15, 0.2) is 72.8 Å². The molecule has 3 aliphatic heterocycles. The summed E-state index contributed by atoms with van der Waals surface area (Å²) in [6.45, 7) is 8.33. The van der Waals surface area contributed by atoms with Crippen LogP contribution in [0.1, 0.15) is 241 Å². The minimum absolute atomic E-state index is 0. The highest BCUT2D eigenvalue weighted by Gasteiger charge is 2.45. The number of hydrogen-bond donors (Lipinski definition) is 9.